The van der Waals surface area contributed by atoms with Crippen LogP contribution in [0.4, 0.5) is 0 Å². The summed E-state index contributed by atoms with van der Waals surface area (Å²) in [6, 6.07) is 0. The molecule has 1 aromatic heterocycles. The summed E-state index contributed by atoms with van der Waals surface area (Å²) in [5.41, 5.74) is 0.775. The fraction of sp³-hybridized carbons (Fsp3) is 0.625. The first-order chi connectivity index (χ1) is 6.65. The SMILES string of the molecule is CS(=O)CCCn1c(CO)c[nH]c1=S. The Morgan fingerprint density at radius 1 is 1.71 bits per heavy atom. The lowest BCUT2D eigenvalue weighted by molar-refractivity contribution is 0.270. The molecule has 0 spiro atoms. The second-order valence-electron chi connectivity index (χ2n) is 3.03. The zero-order valence-electron chi connectivity index (χ0n) is 8.02. The van der Waals surface area contributed by atoms with Crippen LogP contribution in [0.1, 0.15) is 12.1 Å². The number of aromatic amines is 1. The van der Waals surface area contributed by atoms with Crippen LogP contribution < -0.4 is 0 Å². The normalized spacial score (nSPS) is 13.0. The molecule has 0 radical (unpaired) electrons. The number of rotatable bonds is 5. The number of hydrogen-bond acceptors (Lipinski definition) is 3. The first-order valence-electron chi connectivity index (χ1n) is 4.33. The van der Waals surface area contributed by atoms with E-state index in [9.17, 15) is 4.21 Å². The lowest BCUT2D eigenvalue weighted by Crippen LogP contribution is -2.06. The number of nitrogens with zero attached hydrogens (tertiary/aromatic N) is 1. The third kappa shape index (κ3) is 3.04. The Labute approximate surface area is 90.4 Å². The van der Waals surface area contributed by atoms with Crippen molar-refractivity contribution in [2.75, 3.05) is 12.0 Å². The molecule has 0 aliphatic heterocycles. The van der Waals surface area contributed by atoms with Gasteiger partial charge in [-0.2, -0.15) is 0 Å². The molecule has 0 bridgehead atoms. The van der Waals surface area contributed by atoms with Gasteiger partial charge in [-0.1, -0.05) is 0 Å². The van der Waals surface area contributed by atoms with E-state index in [0.717, 1.165) is 12.1 Å². The number of aliphatic hydroxyl groups excluding tert-OH is 1. The second kappa shape index (κ2) is 5.43. The lowest BCUT2D eigenvalue weighted by Gasteiger charge is -2.04. The molecule has 1 atom stereocenters. The minimum Gasteiger partial charge on any atom is -0.390 e. The van der Waals surface area contributed by atoms with Crippen LogP contribution in [0.2, 0.25) is 0 Å². The molecule has 1 heterocycles. The van der Waals surface area contributed by atoms with Gasteiger partial charge in [0.2, 0.25) is 0 Å². The van der Waals surface area contributed by atoms with E-state index in [1.54, 1.807) is 12.5 Å². The van der Waals surface area contributed by atoms with Crippen molar-refractivity contribution in [3.05, 3.63) is 16.7 Å². The fourth-order valence-corrected chi connectivity index (χ4v) is 2.04. The van der Waals surface area contributed by atoms with E-state index in [4.69, 9.17) is 17.3 Å². The van der Waals surface area contributed by atoms with Crippen LogP contribution in [0.25, 0.3) is 0 Å². The van der Waals surface area contributed by atoms with Gasteiger partial charge in [-0.3, -0.25) is 4.21 Å². The van der Waals surface area contributed by atoms with Gasteiger partial charge in [0.25, 0.3) is 0 Å². The quantitative estimate of drug-likeness (QED) is 0.741. The molecule has 0 aromatic carbocycles. The summed E-state index contributed by atoms with van der Waals surface area (Å²) in [4.78, 5) is 2.87. The molecule has 1 aromatic rings. The Kier molecular flexibility index (Phi) is 4.50. The van der Waals surface area contributed by atoms with Crippen molar-refractivity contribution >= 4 is 23.0 Å². The maximum atomic E-state index is 10.8. The standard InChI is InChI=1S/C8H14N2O2S2/c1-14(12)4-2-3-10-7(6-11)5-9-8(10)13/h5,11H,2-4,6H2,1H3,(H,9,13). The number of nitrogens with one attached hydrogen (secondary N) is 1. The van der Waals surface area contributed by atoms with Gasteiger partial charge < -0.3 is 14.7 Å². The predicted molar refractivity (Wildman–Crippen MR) is 59.1 cm³/mol. The molecular formula is C8H14N2O2S2. The minimum absolute atomic E-state index is 0.0254. The summed E-state index contributed by atoms with van der Waals surface area (Å²) in [5, 5.41) is 8.99. The average Bonchev–Trinajstić information content (AvgIpc) is 2.47. The van der Waals surface area contributed by atoms with Gasteiger partial charge in [-0.15, -0.1) is 0 Å². The van der Waals surface area contributed by atoms with Crippen molar-refractivity contribution in [3.63, 3.8) is 0 Å². The molecule has 0 amide bonds. The smallest absolute Gasteiger partial charge is 0.177 e. The summed E-state index contributed by atoms with van der Waals surface area (Å²) in [6.07, 6.45) is 4.19. The number of hydrogen-bond donors (Lipinski definition) is 2. The van der Waals surface area contributed by atoms with Crippen LogP contribution >= 0.6 is 12.2 Å². The number of aromatic nitrogens is 2. The number of aliphatic hydroxyl groups is 1. The Hall–Kier alpha value is -0.460. The zero-order valence-corrected chi connectivity index (χ0v) is 9.66. The van der Waals surface area contributed by atoms with Gasteiger partial charge in [0.05, 0.1) is 12.3 Å². The van der Waals surface area contributed by atoms with Crippen molar-refractivity contribution in [2.45, 2.75) is 19.6 Å². The molecule has 0 fully saturated rings. The highest BCUT2D eigenvalue weighted by atomic mass is 32.2. The Morgan fingerprint density at radius 2 is 2.43 bits per heavy atom. The first-order valence-corrected chi connectivity index (χ1v) is 6.46. The molecule has 2 N–H and O–H groups in total. The van der Waals surface area contributed by atoms with Gasteiger partial charge in [-0.25, -0.2) is 0 Å². The Bertz CT molecular complexity index is 370. The molecule has 0 saturated carbocycles. The summed E-state index contributed by atoms with van der Waals surface area (Å²) >= 11 is 5.04. The lowest BCUT2D eigenvalue weighted by atomic mass is 10.4. The fourth-order valence-electron chi connectivity index (χ4n) is 1.23. The number of imidazole rings is 1. The minimum atomic E-state index is -0.762. The summed E-state index contributed by atoms with van der Waals surface area (Å²) < 4.78 is 13.3. The third-order valence-electron chi connectivity index (χ3n) is 1.93. The molecule has 0 aliphatic carbocycles. The zero-order chi connectivity index (χ0) is 10.6. The molecule has 1 rings (SSSR count). The van der Waals surface area contributed by atoms with E-state index in [-0.39, 0.29) is 6.61 Å². The van der Waals surface area contributed by atoms with Crippen LogP contribution in [0.3, 0.4) is 0 Å². The van der Waals surface area contributed by atoms with Gasteiger partial charge in [-0.05, 0) is 18.6 Å². The first kappa shape index (κ1) is 11.6. The van der Waals surface area contributed by atoms with Crippen molar-refractivity contribution in [1.29, 1.82) is 0 Å². The molecular weight excluding hydrogens is 220 g/mol. The van der Waals surface area contributed by atoms with Crippen molar-refractivity contribution in [1.82, 2.24) is 9.55 Å². The molecule has 4 nitrogen and oxygen atoms in total. The van der Waals surface area contributed by atoms with Crippen molar-refractivity contribution in [2.24, 2.45) is 0 Å². The van der Waals surface area contributed by atoms with Crippen molar-refractivity contribution < 1.29 is 9.32 Å². The van der Waals surface area contributed by atoms with Gasteiger partial charge in [0.1, 0.15) is 0 Å². The van der Waals surface area contributed by atoms with Crippen LogP contribution in [0.5, 0.6) is 0 Å². The topological polar surface area (TPSA) is 58.0 Å². The van der Waals surface area contributed by atoms with Crippen LogP contribution in [0, 0.1) is 4.77 Å². The van der Waals surface area contributed by atoms with Crippen LogP contribution in [0.15, 0.2) is 6.20 Å². The van der Waals surface area contributed by atoms with Gasteiger partial charge in [0, 0.05) is 35.5 Å². The second-order valence-corrected chi connectivity index (χ2v) is 4.97. The largest absolute Gasteiger partial charge is 0.390 e. The molecule has 80 valence electrons. The van der Waals surface area contributed by atoms with E-state index in [1.165, 1.54) is 0 Å². The maximum absolute atomic E-state index is 10.8. The molecule has 6 heteroatoms. The van der Waals surface area contributed by atoms with E-state index in [2.05, 4.69) is 4.98 Å². The van der Waals surface area contributed by atoms with Gasteiger partial charge >= 0.3 is 0 Å². The predicted octanol–water partition coefficient (Wildman–Crippen LogP) is 0.807. The highest BCUT2D eigenvalue weighted by Crippen LogP contribution is 2.03. The van der Waals surface area contributed by atoms with E-state index < -0.39 is 10.8 Å². The molecule has 14 heavy (non-hydrogen) atoms. The Morgan fingerprint density at radius 3 is 3.00 bits per heavy atom. The molecule has 0 saturated heterocycles. The average molecular weight is 234 g/mol. The number of H-pyrrole nitrogens is 1. The third-order valence-corrected chi connectivity index (χ3v) is 3.13. The van der Waals surface area contributed by atoms with Crippen LogP contribution in [-0.4, -0.2) is 30.9 Å². The highest BCUT2D eigenvalue weighted by molar-refractivity contribution is 7.84. The molecule has 0 aliphatic rings. The van der Waals surface area contributed by atoms with E-state index in [1.807, 2.05) is 4.57 Å². The summed E-state index contributed by atoms with van der Waals surface area (Å²) in [7, 11) is -0.762. The monoisotopic (exact) mass is 234 g/mol. The highest BCUT2D eigenvalue weighted by Gasteiger charge is 2.02. The summed E-state index contributed by atoms with van der Waals surface area (Å²) in [6.45, 7) is 0.681. The van der Waals surface area contributed by atoms with Crippen LogP contribution in [-0.2, 0) is 24.0 Å². The Balaban J connectivity index is 2.61. The van der Waals surface area contributed by atoms with E-state index >= 15 is 0 Å². The van der Waals surface area contributed by atoms with Gasteiger partial charge in [0.15, 0.2) is 4.77 Å². The summed E-state index contributed by atoms with van der Waals surface area (Å²) in [5.74, 6) is 0.665. The van der Waals surface area contributed by atoms with Crippen molar-refractivity contribution in [3.8, 4) is 0 Å². The maximum Gasteiger partial charge on any atom is 0.177 e. The van der Waals surface area contributed by atoms with E-state index in [0.29, 0.717) is 17.1 Å². The molecule has 1 unspecified atom stereocenters.